The fourth-order valence-electron chi connectivity index (χ4n) is 4.36. The number of rotatable bonds is 8. The van der Waals surface area contributed by atoms with Gasteiger partial charge in [0, 0.05) is 24.4 Å². The van der Waals surface area contributed by atoms with Crippen molar-refractivity contribution in [3.05, 3.63) is 18.1 Å². The van der Waals surface area contributed by atoms with Gasteiger partial charge in [0.25, 0.3) is 0 Å². The SMILES string of the molecule is CC(C)(C)OC(=O)NC1CCCNC1CO[C@H]1CC[C@@H](c2nccnc2OCC(=O)O)CC1. The summed E-state index contributed by atoms with van der Waals surface area (Å²) in [6.07, 6.45) is 8.21. The van der Waals surface area contributed by atoms with Crippen LogP contribution >= 0.6 is 0 Å². The molecule has 33 heavy (non-hydrogen) atoms. The van der Waals surface area contributed by atoms with Crippen molar-refractivity contribution in [2.45, 2.75) is 89.0 Å². The minimum absolute atomic E-state index is 0.0292. The Morgan fingerprint density at radius 3 is 2.58 bits per heavy atom. The zero-order chi connectivity index (χ0) is 23.8. The first kappa shape index (κ1) is 25.2. The minimum Gasteiger partial charge on any atom is -0.479 e. The Morgan fingerprint density at radius 1 is 1.15 bits per heavy atom. The monoisotopic (exact) mass is 464 g/mol. The number of carboxylic acids is 1. The Hall–Kier alpha value is -2.46. The highest BCUT2D eigenvalue weighted by Crippen LogP contribution is 2.36. The molecule has 0 aromatic carbocycles. The van der Waals surface area contributed by atoms with Crippen LogP contribution in [0, 0.1) is 0 Å². The molecule has 3 rings (SSSR count). The van der Waals surface area contributed by atoms with Crippen molar-refractivity contribution in [2.24, 2.45) is 0 Å². The molecule has 10 heteroatoms. The summed E-state index contributed by atoms with van der Waals surface area (Å²) in [4.78, 5) is 31.6. The molecule has 2 heterocycles. The number of carbonyl (C=O) groups excluding carboxylic acids is 1. The number of amides is 1. The van der Waals surface area contributed by atoms with E-state index in [1.165, 1.54) is 6.20 Å². The predicted octanol–water partition coefficient (Wildman–Crippen LogP) is 2.63. The van der Waals surface area contributed by atoms with E-state index in [1.807, 2.05) is 20.8 Å². The Labute approximate surface area is 194 Å². The van der Waals surface area contributed by atoms with Crippen molar-refractivity contribution in [3.8, 4) is 5.88 Å². The molecular weight excluding hydrogens is 428 g/mol. The molecule has 0 bridgehead atoms. The molecule has 3 N–H and O–H groups in total. The van der Waals surface area contributed by atoms with E-state index in [0.29, 0.717) is 18.2 Å². The maximum Gasteiger partial charge on any atom is 0.407 e. The maximum atomic E-state index is 12.2. The molecule has 1 saturated heterocycles. The first-order chi connectivity index (χ1) is 15.7. The van der Waals surface area contributed by atoms with Gasteiger partial charge < -0.3 is 30.0 Å². The second-order valence-electron chi connectivity index (χ2n) is 9.69. The number of aliphatic carboxylic acids is 1. The number of carbonyl (C=O) groups is 2. The molecule has 2 atom stereocenters. The first-order valence-corrected chi connectivity index (χ1v) is 11.7. The van der Waals surface area contributed by atoms with Gasteiger partial charge >= 0.3 is 12.1 Å². The summed E-state index contributed by atoms with van der Waals surface area (Å²) in [6.45, 7) is 6.55. The van der Waals surface area contributed by atoms with Crippen LogP contribution in [0.4, 0.5) is 4.79 Å². The lowest BCUT2D eigenvalue weighted by Gasteiger charge is -2.35. The number of aromatic nitrogens is 2. The van der Waals surface area contributed by atoms with Gasteiger partial charge in [-0.1, -0.05) is 0 Å². The molecule has 10 nitrogen and oxygen atoms in total. The van der Waals surface area contributed by atoms with Gasteiger partial charge in [-0.3, -0.25) is 4.98 Å². The molecule has 0 radical (unpaired) electrons. The smallest absolute Gasteiger partial charge is 0.407 e. The van der Waals surface area contributed by atoms with Crippen LogP contribution in [-0.4, -0.2) is 70.7 Å². The zero-order valence-corrected chi connectivity index (χ0v) is 19.7. The maximum absolute atomic E-state index is 12.2. The first-order valence-electron chi connectivity index (χ1n) is 11.7. The lowest BCUT2D eigenvalue weighted by molar-refractivity contribution is -0.139. The lowest BCUT2D eigenvalue weighted by atomic mass is 9.85. The summed E-state index contributed by atoms with van der Waals surface area (Å²) >= 11 is 0. The average molecular weight is 465 g/mol. The summed E-state index contributed by atoms with van der Waals surface area (Å²) in [5.41, 5.74) is 0.186. The fraction of sp³-hybridized carbons (Fsp3) is 0.739. The number of hydrogen-bond acceptors (Lipinski definition) is 8. The molecule has 2 aliphatic rings. The van der Waals surface area contributed by atoms with Gasteiger partial charge in [0.1, 0.15) is 11.3 Å². The van der Waals surface area contributed by atoms with Crippen molar-refractivity contribution >= 4 is 12.1 Å². The number of alkyl carbamates (subject to hydrolysis) is 1. The highest BCUT2D eigenvalue weighted by atomic mass is 16.6. The van der Waals surface area contributed by atoms with Gasteiger partial charge in [0.15, 0.2) is 6.61 Å². The third kappa shape index (κ3) is 8.12. The van der Waals surface area contributed by atoms with Gasteiger partial charge in [-0.05, 0) is 65.8 Å². The molecule has 184 valence electrons. The van der Waals surface area contributed by atoms with E-state index in [2.05, 4.69) is 20.6 Å². The van der Waals surface area contributed by atoms with E-state index < -0.39 is 24.3 Å². The third-order valence-electron chi connectivity index (χ3n) is 5.88. The molecular formula is C23H36N4O6. The van der Waals surface area contributed by atoms with E-state index in [-0.39, 0.29) is 24.1 Å². The second kappa shape index (κ2) is 11.6. The van der Waals surface area contributed by atoms with Gasteiger partial charge in [-0.25, -0.2) is 14.6 Å². The van der Waals surface area contributed by atoms with Crippen LogP contribution in [0.2, 0.25) is 0 Å². The number of ether oxygens (including phenoxy) is 3. The molecule has 1 aliphatic heterocycles. The van der Waals surface area contributed by atoms with Gasteiger partial charge in [0.05, 0.1) is 18.8 Å². The van der Waals surface area contributed by atoms with Crippen LogP contribution < -0.4 is 15.4 Å². The molecule has 2 fully saturated rings. The van der Waals surface area contributed by atoms with Crippen LogP contribution in [0.5, 0.6) is 5.88 Å². The molecule has 1 saturated carbocycles. The quantitative estimate of drug-likeness (QED) is 0.531. The van der Waals surface area contributed by atoms with E-state index in [1.54, 1.807) is 6.20 Å². The normalized spacial score (nSPS) is 25.8. The van der Waals surface area contributed by atoms with Crippen molar-refractivity contribution in [3.63, 3.8) is 0 Å². The van der Waals surface area contributed by atoms with Gasteiger partial charge in [-0.2, -0.15) is 0 Å². The second-order valence-corrected chi connectivity index (χ2v) is 9.69. The van der Waals surface area contributed by atoms with Crippen molar-refractivity contribution < 1.29 is 28.9 Å². The summed E-state index contributed by atoms with van der Waals surface area (Å²) in [5, 5.41) is 15.3. The van der Waals surface area contributed by atoms with Crippen LogP contribution in [0.15, 0.2) is 12.4 Å². The van der Waals surface area contributed by atoms with Crippen molar-refractivity contribution in [1.82, 2.24) is 20.6 Å². The fourth-order valence-corrected chi connectivity index (χ4v) is 4.36. The predicted molar refractivity (Wildman–Crippen MR) is 120 cm³/mol. The van der Waals surface area contributed by atoms with Crippen LogP contribution in [-0.2, 0) is 14.3 Å². The van der Waals surface area contributed by atoms with E-state index in [0.717, 1.165) is 45.1 Å². The van der Waals surface area contributed by atoms with Gasteiger partial charge in [0.2, 0.25) is 5.88 Å². The Morgan fingerprint density at radius 2 is 1.88 bits per heavy atom. The lowest BCUT2D eigenvalue weighted by Crippen LogP contribution is -2.56. The number of nitrogens with zero attached hydrogens (tertiary/aromatic N) is 2. The Bertz CT molecular complexity index is 791. The molecule has 1 amide bonds. The van der Waals surface area contributed by atoms with E-state index in [4.69, 9.17) is 19.3 Å². The average Bonchev–Trinajstić information content (AvgIpc) is 2.76. The molecule has 1 aromatic rings. The van der Waals surface area contributed by atoms with Crippen molar-refractivity contribution in [1.29, 1.82) is 0 Å². The Kier molecular flexibility index (Phi) is 8.85. The van der Waals surface area contributed by atoms with E-state index >= 15 is 0 Å². The number of nitrogens with one attached hydrogen (secondary N) is 2. The minimum atomic E-state index is -1.04. The topological polar surface area (TPSA) is 132 Å². The largest absolute Gasteiger partial charge is 0.479 e. The molecule has 1 aromatic heterocycles. The number of carboxylic acid groups (broad SMARTS) is 1. The summed E-state index contributed by atoms with van der Waals surface area (Å²) in [6, 6.07) is 0.0125. The summed E-state index contributed by atoms with van der Waals surface area (Å²) in [5.74, 6) is -0.581. The number of hydrogen-bond donors (Lipinski definition) is 3. The highest BCUT2D eigenvalue weighted by molar-refractivity contribution is 5.68. The van der Waals surface area contributed by atoms with Gasteiger partial charge in [-0.15, -0.1) is 0 Å². The third-order valence-corrected chi connectivity index (χ3v) is 5.88. The standard InChI is InChI=1S/C23H36N4O6/c1-23(2,3)33-22(30)27-17-5-4-10-24-18(17)13-31-16-8-6-15(7-9-16)20-21(26-12-11-25-20)32-14-19(28)29/h11-12,15-18,24H,4-10,13-14H2,1-3H3,(H,27,30)(H,28,29)/t15-,16+,17?,18?. The summed E-state index contributed by atoms with van der Waals surface area (Å²) < 4.78 is 17.0. The molecule has 1 aliphatic carbocycles. The van der Waals surface area contributed by atoms with Crippen molar-refractivity contribution in [2.75, 3.05) is 19.8 Å². The molecule has 0 spiro atoms. The summed E-state index contributed by atoms with van der Waals surface area (Å²) in [7, 11) is 0. The zero-order valence-electron chi connectivity index (χ0n) is 19.7. The van der Waals surface area contributed by atoms with Crippen LogP contribution in [0.25, 0.3) is 0 Å². The highest BCUT2D eigenvalue weighted by Gasteiger charge is 2.31. The molecule has 2 unspecified atom stereocenters. The Balaban J connectivity index is 1.47. The van der Waals surface area contributed by atoms with E-state index in [9.17, 15) is 9.59 Å². The van der Waals surface area contributed by atoms with Crippen LogP contribution in [0.1, 0.15) is 70.9 Å². The number of piperidine rings is 1. The van der Waals surface area contributed by atoms with Crippen LogP contribution in [0.3, 0.4) is 0 Å².